The van der Waals surface area contributed by atoms with Crippen molar-refractivity contribution < 1.29 is 9.59 Å². The molecular formula is C9H17N3O2. The number of likely N-dealkylation sites (N-methyl/N-ethyl adjacent to an activating group) is 1. The van der Waals surface area contributed by atoms with Crippen LogP contribution >= 0.6 is 0 Å². The average molecular weight is 199 g/mol. The van der Waals surface area contributed by atoms with Crippen LogP contribution in [0.15, 0.2) is 0 Å². The maximum Gasteiger partial charge on any atom is 0.245 e. The second-order valence-electron chi connectivity index (χ2n) is 3.52. The third-order valence-corrected chi connectivity index (χ3v) is 2.56. The lowest BCUT2D eigenvalue weighted by molar-refractivity contribution is -0.139. The van der Waals surface area contributed by atoms with E-state index in [1.807, 2.05) is 0 Å². The van der Waals surface area contributed by atoms with Crippen molar-refractivity contribution in [3.63, 3.8) is 0 Å². The molecule has 0 aromatic rings. The Balaban J connectivity index is 2.49. The van der Waals surface area contributed by atoms with E-state index in [0.29, 0.717) is 6.41 Å². The molecule has 0 radical (unpaired) electrons. The Bertz CT molecular complexity index is 214. The van der Waals surface area contributed by atoms with Gasteiger partial charge >= 0.3 is 0 Å². The van der Waals surface area contributed by atoms with Crippen molar-refractivity contribution in [2.45, 2.75) is 13.0 Å². The van der Waals surface area contributed by atoms with Crippen LogP contribution in [0.5, 0.6) is 0 Å². The molecule has 1 N–H and O–H groups in total. The number of nitrogens with zero attached hydrogens (tertiary/aromatic N) is 2. The van der Waals surface area contributed by atoms with Gasteiger partial charge < -0.3 is 15.1 Å². The maximum atomic E-state index is 11.8. The molecule has 1 heterocycles. The number of hydrogen-bond donors (Lipinski definition) is 1. The van der Waals surface area contributed by atoms with E-state index in [9.17, 15) is 9.59 Å². The zero-order valence-electron chi connectivity index (χ0n) is 8.69. The monoisotopic (exact) mass is 199 g/mol. The molecule has 0 saturated carbocycles. The van der Waals surface area contributed by atoms with Crippen LogP contribution in [0.1, 0.15) is 6.92 Å². The number of amides is 2. The number of nitrogens with one attached hydrogen (secondary N) is 1. The molecule has 1 rings (SSSR count). The van der Waals surface area contributed by atoms with Crippen molar-refractivity contribution in [1.82, 2.24) is 15.1 Å². The summed E-state index contributed by atoms with van der Waals surface area (Å²) < 4.78 is 0. The molecule has 1 aliphatic heterocycles. The lowest BCUT2D eigenvalue weighted by Crippen LogP contribution is -2.52. The molecule has 14 heavy (non-hydrogen) atoms. The fourth-order valence-corrected chi connectivity index (χ4v) is 1.41. The smallest absolute Gasteiger partial charge is 0.245 e. The highest BCUT2D eigenvalue weighted by atomic mass is 16.2. The van der Waals surface area contributed by atoms with Crippen LogP contribution in [0.3, 0.4) is 0 Å². The number of carbonyl (C=O) groups is 2. The summed E-state index contributed by atoms with van der Waals surface area (Å²) in [7, 11) is 1.62. The van der Waals surface area contributed by atoms with Crippen LogP contribution in [0.25, 0.3) is 0 Å². The van der Waals surface area contributed by atoms with Crippen LogP contribution in [0, 0.1) is 0 Å². The predicted octanol–water partition coefficient (Wildman–Crippen LogP) is -1.11. The topological polar surface area (TPSA) is 52.7 Å². The lowest BCUT2D eigenvalue weighted by Gasteiger charge is -2.31. The standard InChI is InChI=1S/C9H17N3O2/c1-8(11(2)7-13)9(14)12-5-3-10-4-6-12/h7-8,10H,3-6H2,1-2H3. The highest BCUT2D eigenvalue weighted by molar-refractivity contribution is 5.83. The molecule has 80 valence electrons. The quantitative estimate of drug-likeness (QED) is 0.587. The summed E-state index contributed by atoms with van der Waals surface area (Å²) >= 11 is 0. The average Bonchev–Trinajstić information content (AvgIpc) is 2.27. The lowest BCUT2D eigenvalue weighted by atomic mass is 10.2. The largest absolute Gasteiger partial charge is 0.338 e. The molecule has 0 aliphatic carbocycles. The second kappa shape index (κ2) is 4.95. The van der Waals surface area contributed by atoms with Crippen molar-refractivity contribution in [1.29, 1.82) is 0 Å². The molecular weight excluding hydrogens is 182 g/mol. The molecule has 5 nitrogen and oxygen atoms in total. The fraction of sp³-hybridized carbons (Fsp3) is 0.778. The third-order valence-electron chi connectivity index (χ3n) is 2.56. The second-order valence-corrected chi connectivity index (χ2v) is 3.52. The van der Waals surface area contributed by atoms with Gasteiger partial charge in [-0.25, -0.2) is 0 Å². The summed E-state index contributed by atoms with van der Waals surface area (Å²) in [5.74, 6) is 0.0288. The minimum atomic E-state index is -0.356. The molecule has 0 bridgehead atoms. The zero-order chi connectivity index (χ0) is 10.6. The van der Waals surface area contributed by atoms with E-state index >= 15 is 0 Å². The number of piperazine rings is 1. The van der Waals surface area contributed by atoms with Crippen molar-refractivity contribution in [2.24, 2.45) is 0 Å². The van der Waals surface area contributed by atoms with Gasteiger partial charge in [-0.1, -0.05) is 0 Å². The SMILES string of the molecule is CC(C(=O)N1CCNCC1)N(C)C=O. The van der Waals surface area contributed by atoms with Gasteiger partial charge in [0.2, 0.25) is 12.3 Å². The summed E-state index contributed by atoms with van der Waals surface area (Å²) in [5, 5.41) is 3.17. The van der Waals surface area contributed by atoms with Crippen LogP contribution in [-0.2, 0) is 9.59 Å². The van der Waals surface area contributed by atoms with Gasteiger partial charge in [-0.3, -0.25) is 9.59 Å². The van der Waals surface area contributed by atoms with Crippen molar-refractivity contribution in [2.75, 3.05) is 33.2 Å². The molecule has 0 spiro atoms. The van der Waals surface area contributed by atoms with Crippen molar-refractivity contribution in [3.05, 3.63) is 0 Å². The van der Waals surface area contributed by atoms with Gasteiger partial charge in [-0.05, 0) is 6.92 Å². The summed E-state index contributed by atoms with van der Waals surface area (Å²) in [6, 6.07) is -0.356. The van der Waals surface area contributed by atoms with Gasteiger partial charge in [0, 0.05) is 33.2 Å². The number of hydrogen-bond acceptors (Lipinski definition) is 3. The van der Waals surface area contributed by atoms with Gasteiger partial charge in [0.05, 0.1) is 0 Å². The Morgan fingerprint density at radius 1 is 1.50 bits per heavy atom. The minimum Gasteiger partial charge on any atom is -0.338 e. The van der Waals surface area contributed by atoms with E-state index in [-0.39, 0.29) is 11.9 Å². The molecule has 5 heteroatoms. The van der Waals surface area contributed by atoms with Crippen molar-refractivity contribution >= 4 is 12.3 Å². The van der Waals surface area contributed by atoms with E-state index in [4.69, 9.17) is 0 Å². The third kappa shape index (κ3) is 2.45. The van der Waals surface area contributed by atoms with Crippen LogP contribution in [0.2, 0.25) is 0 Å². The summed E-state index contributed by atoms with van der Waals surface area (Å²) in [5.41, 5.74) is 0. The number of rotatable bonds is 3. The Kier molecular flexibility index (Phi) is 3.88. The first-order valence-corrected chi connectivity index (χ1v) is 4.83. The Labute approximate surface area is 84.0 Å². The van der Waals surface area contributed by atoms with Crippen LogP contribution < -0.4 is 5.32 Å². The maximum absolute atomic E-state index is 11.8. The zero-order valence-corrected chi connectivity index (χ0v) is 8.69. The Hall–Kier alpha value is -1.10. The van der Waals surface area contributed by atoms with E-state index in [1.165, 1.54) is 4.90 Å². The van der Waals surface area contributed by atoms with Gasteiger partial charge in [-0.2, -0.15) is 0 Å². The first-order valence-electron chi connectivity index (χ1n) is 4.83. The Morgan fingerprint density at radius 2 is 2.07 bits per heavy atom. The normalized spacial score (nSPS) is 18.9. The number of carbonyl (C=O) groups excluding carboxylic acids is 2. The van der Waals surface area contributed by atoms with E-state index in [1.54, 1.807) is 18.9 Å². The molecule has 1 fully saturated rings. The summed E-state index contributed by atoms with van der Waals surface area (Å²) in [6.07, 6.45) is 0.685. The molecule has 1 unspecified atom stereocenters. The molecule has 0 aromatic heterocycles. The molecule has 1 saturated heterocycles. The van der Waals surface area contributed by atoms with Gasteiger partial charge in [0.15, 0.2) is 0 Å². The van der Waals surface area contributed by atoms with Gasteiger partial charge in [0.25, 0.3) is 0 Å². The minimum absolute atomic E-state index is 0.0288. The van der Waals surface area contributed by atoms with E-state index < -0.39 is 0 Å². The van der Waals surface area contributed by atoms with E-state index in [2.05, 4.69) is 5.32 Å². The summed E-state index contributed by atoms with van der Waals surface area (Å²) in [6.45, 7) is 4.89. The highest BCUT2D eigenvalue weighted by Gasteiger charge is 2.23. The summed E-state index contributed by atoms with van der Waals surface area (Å²) in [4.78, 5) is 25.5. The molecule has 1 aliphatic rings. The van der Waals surface area contributed by atoms with Gasteiger partial charge in [0.1, 0.15) is 6.04 Å². The first kappa shape index (κ1) is 11.0. The van der Waals surface area contributed by atoms with Crippen LogP contribution in [-0.4, -0.2) is 61.4 Å². The predicted molar refractivity (Wildman–Crippen MR) is 52.7 cm³/mol. The fourth-order valence-electron chi connectivity index (χ4n) is 1.41. The molecule has 1 atom stereocenters. The highest BCUT2D eigenvalue weighted by Crippen LogP contribution is 2.01. The van der Waals surface area contributed by atoms with Crippen LogP contribution in [0.4, 0.5) is 0 Å². The first-order chi connectivity index (χ1) is 6.66. The molecule has 0 aromatic carbocycles. The van der Waals surface area contributed by atoms with Crippen molar-refractivity contribution in [3.8, 4) is 0 Å². The van der Waals surface area contributed by atoms with E-state index in [0.717, 1.165) is 26.2 Å². The Morgan fingerprint density at radius 3 is 2.57 bits per heavy atom. The van der Waals surface area contributed by atoms with Gasteiger partial charge in [-0.15, -0.1) is 0 Å². The molecule has 2 amide bonds.